The van der Waals surface area contributed by atoms with Crippen LogP contribution in [0.1, 0.15) is 46.0 Å². The van der Waals surface area contributed by atoms with Gasteiger partial charge in [-0.15, -0.1) is 0 Å². The maximum absolute atomic E-state index is 11.9. The molecular weight excluding hydrogens is 194 g/mol. The summed E-state index contributed by atoms with van der Waals surface area (Å²) < 4.78 is 11.9. The first-order valence-electron chi connectivity index (χ1n) is 5.90. The zero-order valence-electron chi connectivity index (χ0n) is 9.42. The van der Waals surface area contributed by atoms with Crippen LogP contribution in [0, 0.1) is 0 Å². The summed E-state index contributed by atoms with van der Waals surface area (Å²) in [6, 6.07) is 0.530. The highest BCUT2D eigenvalue weighted by molar-refractivity contribution is 7.85. The molecule has 1 aliphatic rings. The second-order valence-corrected chi connectivity index (χ2v) is 5.89. The Labute approximate surface area is 90.3 Å². The molecule has 3 heteroatoms. The van der Waals surface area contributed by atoms with E-state index >= 15 is 0 Å². The lowest BCUT2D eigenvalue weighted by Crippen LogP contribution is -2.39. The maximum atomic E-state index is 11.9. The Morgan fingerprint density at radius 2 is 2.07 bits per heavy atom. The molecule has 84 valence electrons. The molecule has 1 N–H and O–H groups in total. The first-order valence-corrected chi connectivity index (χ1v) is 7.28. The van der Waals surface area contributed by atoms with E-state index in [0.29, 0.717) is 11.3 Å². The summed E-state index contributed by atoms with van der Waals surface area (Å²) in [5.74, 6) is 0.884. The van der Waals surface area contributed by atoms with Gasteiger partial charge < -0.3 is 5.32 Å². The standard InChI is InChI=1S/C11H23NOS/c1-3-8-12-10-6-5-7-11(10)14(13)9-4-2/h10-12H,3-9H2,1-2H3. The van der Waals surface area contributed by atoms with Crippen LogP contribution in [0.15, 0.2) is 0 Å². The van der Waals surface area contributed by atoms with E-state index in [0.717, 1.165) is 25.1 Å². The van der Waals surface area contributed by atoms with Crippen LogP contribution in [0.2, 0.25) is 0 Å². The Kier molecular flexibility index (Phi) is 5.71. The van der Waals surface area contributed by atoms with E-state index in [2.05, 4.69) is 19.2 Å². The predicted octanol–water partition coefficient (Wildman–Crippen LogP) is 2.07. The molecule has 0 aromatic rings. The van der Waals surface area contributed by atoms with E-state index < -0.39 is 10.8 Å². The molecule has 0 heterocycles. The van der Waals surface area contributed by atoms with Crippen molar-refractivity contribution >= 4 is 10.8 Å². The molecule has 2 nitrogen and oxygen atoms in total. The molecule has 3 atom stereocenters. The van der Waals surface area contributed by atoms with E-state index in [4.69, 9.17) is 0 Å². The number of rotatable bonds is 6. The molecule has 0 spiro atoms. The van der Waals surface area contributed by atoms with Crippen molar-refractivity contribution in [3.8, 4) is 0 Å². The Hall–Kier alpha value is 0.110. The summed E-state index contributed by atoms with van der Waals surface area (Å²) >= 11 is 0. The van der Waals surface area contributed by atoms with Crippen LogP contribution < -0.4 is 5.32 Å². The van der Waals surface area contributed by atoms with Crippen LogP contribution >= 0.6 is 0 Å². The Balaban J connectivity index is 2.38. The molecule has 0 saturated heterocycles. The second kappa shape index (κ2) is 6.57. The van der Waals surface area contributed by atoms with Crippen molar-refractivity contribution in [1.82, 2.24) is 5.32 Å². The van der Waals surface area contributed by atoms with Crippen molar-refractivity contribution in [2.75, 3.05) is 12.3 Å². The van der Waals surface area contributed by atoms with Gasteiger partial charge in [0, 0.05) is 22.6 Å². The zero-order chi connectivity index (χ0) is 10.4. The molecule has 1 rings (SSSR count). The fourth-order valence-corrected chi connectivity index (χ4v) is 3.89. The van der Waals surface area contributed by atoms with Crippen molar-refractivity contribution in [2.45, 2.75) is 57.2 Å². The Morgan fingerprint density at radius 3 is 2.71 bits per heavy atom. The second-order valence-electron chi connectivity index (χ2n) is 4.11. The van der Waals surface area contributed by atoms with E-state index in [1.165, 1.54) is 19.3 Å². The molecule has 0 amide bonds. The average molecular weight is 217 g/mol. The topological polar surface area (TPSA) is 29.1 Å². The van der Waals surface area contributed by atoms with Gasteiger partial charge >= 0.3 is 0 Å². The van der Waals surface area contributed by atoms with Gasteiger partial charge in [0.1, 0.15) is 0 Å². The molecular formula is C11H23NOS. The lowest BCUT2D eigenvalue weighted by atomic mass is 10.2. The summed E-state index contributed by atoms with van der Waals surface area (Å²) in [5, 5.41) is 3.96. The largest absolute Gasteiger partial charge is 0.313 e. The minimum absolute atomic E-state index is 0.432. The molecule has 3 unspecified atom stereocenters. The minimum atomic E-state index is -0.591. The van der Waals surface area contributed by atoms with Crippen LogP contribution in [0.25, 0.3) is 0 Å². The van der Waals surface area contributed by atoms with Gasteiger partial charge in [0.2, 0.25) is 0 Å². The highest BCUT2D eigenvalue weighted by Crippen LogP contribution is 2.24. The molecule has 1 saturated carbocycles. The number of hydrogen-bond acceptors (Lipinski definition) is 2. The molecule has 14 heavy (non-hydrogen) atoms. The summed E-state index contributed by atoms with van der Waals surface area (Å²) in [7, 11) is -0.591. The first kappa shape index (κ1) is 12.2. The van der Waals surface area contributed by atoms with E-state index in [-0.39, 0.29) is 0 Å². The zero-order valence-corrected chi connectivity index (χ0v) is 10.2. The van der Waals surface area contributed by atoms with Gasteiger partial charge in [-0.3, -0.25) is 4.21 Å². The average Bonchev–Trinajstić information content (AvgIpc) is 2.63. The highest BCUT2D eigenvalue weighted by atomic mass is 32.2. The fourth-order valence-electron chi connectivity index (χ4n) is 2.16. The van der Waals surface area contributed by atoms with Crippen LogP contribution in [0.5, 0.6) is 0 Å². The van der Waals surface area contributed by atoms with Gasteiger partial charge in [-0.25, -0.2) is 0 Å². The first-order chi connectivity index (χ1) is 6.79. The van der Waals surface area contributed by atoms with Gasteiger partial charge in [-0.2, -0.15) is 0 Å². The van der Waals surface area contributed by atoms with Crippen molar-refractivity contribution in [1.29, 1.82) is 0 Å². The Morgan fingerprint density at radius 1 is 1.29 bits per heavy atom. The summed E-state index contributed by atoms with van der Waals surface area (Å²) in [4.78, 5) is 0. The van der Waals surface area contributed by atoms with Gasteiger partial charge in [0.25, 0.3) is 0 Å². The van der Waals surface area contributed by atoms with Gasteiger partial charge in [0.05, 0.1) is 5.25 Å². The molecule has 0 aromatic carbocycles. The van der Waals surface area contributed by atoms with E-state index in [1.54, 1.807) is 0 Å². The van der Waals surface area contributed by atoms with E-state index in [1.807, 2.05) is 0 Å². The SMILES string of the molecule is CCCNC1CCCC1S(=O)CCC. The van der Waals surface area contributed by atoms with Gasteiger partial charge in [-0.1, -0.05) is 20.3 Å². The van der Waals surface area contributed by atoms with Gasteiger partial charge in [0.15, 0.2) is 0 Å². The monoisotopic (exact) mass is 217 g/mol. The molecule has 1 aliphatic carbocycles. The smallest absolute Gasteiger partial charge is 0.0501 e. The normalized spacial score (nSPS) is 29.3. The number of nitrogens with one attached hydrogen (secondary N) is 1. The molecule has 0 aromatic heterocycles. The third-order valence-electron chi connectivity index (χ3n) is 2.85. The van der Waals surface area contributed by atoms with Crippen LogP contribution in [-0.4, -0.2) is 27.8 Å². The van der Waals surface area contributed by atoms with Gasteiger partial charge in [-0.05, 0) is 32.2 Å². The minimum Gasteiger partial charge on any atom is -0.313 e. The molecule has 1 fully saturated rings. The summed E-state index contributed by atoms with van der Waals surface area (Å²) in [6.45, 7) is 5.37. The fraction of sp³-hybridized carbons (Fsp3) is 1.00. The third kappa shape index (κ3) is 3.35. The summed E-state index contributed by atoms with van der Waals surface area (Å²) in [6.07, 6.45) is 5.85. The van der Waals surface area contributed by atoms with Crippen molar-refractivity contribution in [2.24, 2.45) is 0 Å². The lowest BCUT2D eigenvalue weighted by Gasteiger charge is -2.20. The number of hydrogen-bond donors (Lipinski definition) is 1. The maximum Gasteiger partial charge on any atom is 0.0501 e. The van der Waals surface area contributed by atoms with Crippen molar-refractivity contribution < 1.29 is 4.21 Å². The highest BCUT2D eigenvalue weighted by Gasteiger charge is 2.30. The summed E-state index contributed by atoms with van der Waals surface area (Å²) in [5.41, 5.74) is 0. The third-order valence-corrected chi connectivity index (χ3v) is 4.90. The van der Waals surface area contributed by atoms with E-state index in [9.17, 15) is 4.21 Å². The Bertz CT molecular complexity index is 184. The predicted molar refractivity (Wildman–Crippen MR) is 63.0 cm³/mol. The van der Waals surface area contributed by atoms with Crippen LogP contribution in [-0.2, 0) is 10.8 Å². The van der Waals surface area contributed by atoms with Crippen molar-refractivity contribution in [3.05, 3.63) is 0 Å². The lowest BCUT2D eigenvalue weighted by molar-refractivity contribution is 0.523. The molecule has 0 bridgehead atoms. The molecule has 0 aliphatic heterocycles. The quantitative estimate of drug-likeness (QED) is 0.738. The van der Waals surface area contributed by atoms with Crippen LogP contribution in [0.3, 0.4) is 0 Å². The van der Waals surface area contributed by atoms with Crippen molar-refractivity contribution in [3.63, 3.8) is 0 Å². The molecule has 0 radical (unpaired) electrons. The van der Waals surface area contributed by atoms with Crippen LogP contribution in [0.4, 0.5) is 0 Å².